The summed E-state index contributed by atoms with van der Waals surface area (Å²) >= 11 is 0. The Kier molecular flexibility index (Phi) is 56.3. The third kappa shape index (κ3) is 57.4. The number of hydrogen-bond donors (Lipinski definition) is 0. The molecular weight excluding hydrogens is 877 g/mol. The second kappa shape index (κ2) is 59.2. The number of esters is 3. The Balaban J connectivity index is 4.32. The van der Waals surface area contributed by atoms with Crippen LogP contribution in [0.3, 0.4) is 0 Å². The van der Waals surface area contributed by atoms with Gasteiger partial charge in [0.1, 0.15) is 13.2 Å². The topological polar surface area (TPSA) is 78.9 Å². The summed E-state index contributed by atoms with van der Waals surface area (Å²) in [5.74, 6) is -0.915. The second-order valence-electron chi connectivity index (χ2n) is 19.9. The van der Waals surface area contributed by atoms with E-state index in [0.29, 0.717) is 19.3 Å². The van der Waals surface area contributed by atoms with Crippen LogP contribution in [0, 0.1) is 0 Å². The van der Waals surface area contributed by atoms with Crippen LogP contribution in [-0.2, 0) is 28.6 Å². The van der Waals surface area contributed by atoms with Crippen LogP contribution in [0.5, 0.6) is 0 Å². The SMILES string of the molecule is CCC/C=C\C/C=C\CCCCCCCC(=O)OCC(COC(=O)CCCCCCCCCCCC/C=C\C/C=C\C/C=C\CCCCCCC)OC(=O)CCCCCCC/C=C\C/C=C\CCCCC. The number of ether oxygens (including phenoxy) is 3. The van der Waals surface area contributed by atoms with Crippen molar-refractivity contribution in [3.05, 3.63) is 85.1 Å². The molecule has 71 heavy (non-hydrogen) atoms. The van der Waals surface area contributed by atoms with Gasteiger partial charge in [0.2, 0.25) is 0 Å². The van der Waals surface area contributed by atoms with Crippen molar-refractivity contribution in [3.8, 4) is 0 Å². The van der Waals surface area contributed by atoms with Gasteiger partial charge in [0.05, 0.1) is 0 Å². The zero-order valence-corrected chi connectivity index (χ0v) is 46.7. The molecule has 6 heteroatoms. The molecule has 1 atom stereocenters. The molecule has 408 valence electrons. The van der Waals surface area contributed by atoms with Crippen molar-refractivity contribution in [3.63, 3.8) is 0 Å². The number of hydrogen-bond acceptors (Lipinski definition) is 6. The van der Waals surface area contributed by atoms with E-state index in [1.807, 2.05) is 0 Å². The van der Waals surface area contributed by atoms with E-state index in [2.05, 4.69) is 106 Å². The van der Waals surface area contributed by atoms with Gasteiger partial charge in [-0.25, -0.2) is 0 Å². The zero-order chi connectivity index (χ0) is 51.4. The lowest BCUT2D eigenvalue weighted by atomic mass is 10.1. The predicted octanol–water partition coefficient (Wildman–Crippen LogP) is 20.3. The lowest BCUT2D eigenvalue weighted by Crippen LogP contribution is -2.30. The van der Waals surface area contributed by atoms with Crippen LogP contribution in [0.25, 0.3) is 0 Å². The van der Waals surface area contributed by atoms with Crippen molar-refractivity contribution >= 4 is 17.9 Å². The smallest absolute Gasteiger partial charge is 0.306 e. The maximum atomic E-state index is 12.8. The zero-order valence-electron chi connectivity index (χ0n) is 46.7. The van der Waals surface area contributed by atoms with Gasteiger partial charge in [-0.2, -0.15) is 0 Å². The highest BCUT2D eigenvalue weighted by Crippen LogP contribution is 2.15. The van der Waals surface area contributed by atoms with Gasteiger partial charge in [-0.3, -0.25) is 14.4 Å². The van der Waals surface area contributed by atoms with Crippen LogP contribution in [-0.4, -0.2) is 37.2 Å². The first kappa shape index (κ1) is 67.6. The molecule has 0 bridgehead atoms. The highest BCUT2D eigenvalue weighted by molar-refractivity contribution is 5.71. The fourth-order valence-corrected chi connectivity index (χ4v) is 8.28. The normalized spacial score (nSPS) is 12.7. The summed E-state index contributed by atoms with van der Waals surface area (Å²) in [5.41, 5.74) is 0. The van der Waals surface area contributed by atoms with Crippen LogP contribution in [0.4, 0.5) is 0 Å². The van der Waals surface area contributed by atoms with Crippen molar-refractivity contribution in [1.29, 1.82) is 0 Å². The number of carbonyl (C=O) groups is 3. The molecule has 0 heterocycles. The Morgan fingerprint density at radius 1 is 0.282 bits per heavy atom. The Labute approximate surface area is 439 Å². The average Bonchev–Trinajstić information content (AvgIpc) is 3.37. The van der Waals surface area contributed by atoms with Gasteiger partial charge in [0.15, 0.2) is 6.10 Å². The van der Waals surface area contributed by atoms with E-state index in [4.69, 9.17) is 14.2 Å². The van der Waals surface area contributed by atoms with Crippen molar-refractivity contribution in [2.75, 3.05) is 13.2 Å². The number of allylic oxidation sites excluding steroid dienone is 14. The monoisotopic (exact) mass is 989 g/mol. The standard InChI is InChI=1S/C65H112O6/c1-4-7-10-13-16-19-22-25-27-28-29-30-31-32-33-34-35-36-38-40-43-46-49-52-55-58-64(67)70-61-62(60-69-63(66)57-54-51-48-45-42-39-24-21-18-15-12-9-6-3)71-65(68)59-56-53-50-47-44-41-37-26-23-20-17-14-11-8-5-2/h12,15,17,20-22,24-26,28-29,31-32,37,62H,4-11,13-14,16,18-19,23,27,30,33-36,38-61H2,1-3H3/b15-12-,20-17-,24-21-,25-22-,29-28-,32-31-,37-26-. The van der Waals surface area contributed by atoms with Gasteiger partial charge in [-0.15, -0.1) is 0 Å². The molecule has 1 unspecified atom stereocenters. The Hall–Kier alpha value is -3.41. The molecule has 0 amide bonds. The molecule has 0 aliphatic rings. The van der Waals surface area contributed by atoms with E-state index in [9.17, 15) is 14.4 Å². The maximum Gasteiger partial charge on any atom is 0.306 e. The molecule has 0 saturated heterocycles. The fraction of sp³-hybridized carbons (Fsp3) is 0.738. The molecule has 0 aromatic carbocycles. The minimum Gasteiger partial charge on any atom is -0.462 e. The van der Waals surface area contributed by atoms with Gasteiger partial charge in [-0.1, -0.05) is 241 Å². The quantitative estimate of drug-likeness (QED) is 0.0261. The molecule has 0 N–H and O–H groups in total. The highest BCUT2D eigenvalue weighted by atomic mass is 16.6. The summed E-state index contributed by atoms with van der Waals surface area (Å²) in [5, 5.41) is 0. The Bertz CT molecular complexity index is 1370. The summed E-state index contributed by atoms with van der Waals surface area (Å²) in [6, 6.07) is 0. The number of carbonyl (C=O) groups excluding carboxylic acids is 3. The number of unbranched alkanes of at least 4 members (excludes halogenated alkanes) is 29. The first-order chi connectivity index (χ1) is 35.0. The van der Waals surface area contributed by atoms with Crippen LogP contribution in [0.2, 0.25) is 0 Å². The lowest BCUT2D eigenvalue weighted by molar-refractivity contribution is -0.167. The van der Waals surface area contributed by atoms with Gasteiger partial charge in [-0.05, 0) is 116 Å². The first-order valence-electron chi connectivity index (χ1n) is 30.1. The summed E-state index contributed by atoms with van der Waals surface area (Å²) < 4.78 is 16.9. The third-order valence-electron chi connectivity index (χ3n) is 12.8. The first-order valence-corrected chi connectivity index (χ1v) is 30.1. The van der Waals surface area contributed by atoms with Crippen LogP contribution in [0.15, 0.2) is 85.1 Å². The van der Waals surface area contributed by atoms with Gasteiger partial charge in [0, 0.05) is 19.3 Å². The van der Waals surface area contributed by atoms with Gasteiger partial charge < -0.3 is 14.2 Å². The molecule has 0 radical (unpaired) electrons. The largest absolute Gasteiger partial charge is 0.462 e. The van der Waals surface area contributed by atoms with Crippen LogP contribution in [0.1, 0.15) is 290 Å². The molecule has 6 nitrogen and oxygen atoms in total. The van der Waals surface area contributed by atoms with Crippen molar-refractivity contribution in [2.45, 2.75) is 297 Å². The summed E-state index contributed by atoms with van der Waals surface area (Å²) in [6.45, 7) is 6.52. The van der Waals surface area contributed by atoms with Crippen LogP contribution < -0.4 is 0 Å². The summed E-state index contributed by atoms with van der Waals surface area (Å²) in [4.78, 5) is 38.2. The molecule has 0 fully saturated rings. The lowest BCUT2D eigenvalue weighted by Gasteiger charge is -2.18. The molecule has 0 saturated carbocycles. The molecule has 0 rings (SSSR count). The Morgan fingerprint density at radius 3 is 0.873 bits per heavy atom. The van der Waals surface area contributed by atoms with E-state index < -0.39 is 6.10 Å². The van der Waals surface area contributed by atoms with Gasteiger partial charge >= 0.3 is 17.9 Å². The van der Waals surface area contributed by atoms with E-state index in [-0.39, 0.29) is 31.1 Å². The molecule has 0 aliphatic carbocycles. The van der Waals surface area contributed by atoms with Crippen molar-refractivity contribution in [2.24, 2.45) is 0 Å². The summed E-state index contributed by atoms with van der Waals surface area (Å²) in [6.07, 6.45) is 77.2. The predicted molar refractivity (Wildman–Crippen MR) is 307 cm³/mol. The number of rotatable bonds is 54. The summed E-state index contributed by atoms with van der Waals surface area (Å²) in [7, 11) is 0. The molecule has 0 aromatic rings. The van der Waals surface area contributed by atoms with Crippen molar-refractivity contribution < 1.29 is 28.6 Å². The average molecular weight is 990 g/mol. The maximum absolute atomic E-state index is 12.8. The van der Waals surface area contributed by atoms with E-state index >= 15 is 0 Å². The molecule has 0 aromatic heterocycles. The molecular formula is C65H112O6. The fourth-order valence-electron chi connectivity index (χ4n) is 8.28. The van der Waals surface area contributed by atoms with E-state index in [1.165, 1.54) is 122 Å². The van der Waals surface area contributed by atoms with E-state index in [1.54, 1.807) is 0 Å². The Morgan fingerprint density at radius 2 is 0.535 bits per heavy atom. The van der Waals surface area contributed by atoms with Gasteiger partial charge in [0.25, 0.3) is 0 Å². The molecule has 0 spiro atoms. The second-order valence-corrected chi connectivity index (χ2v) is 19.9. The minimum absolute atomic E-state index is 0.0887. The molecule has 0 aliphatic heterocycles. The van der Waals surface area contributed by atoms with E-state index in [0.717, 1.165) is 128 Å². The third-order valence-corrected chi connectivity index (χ3v) is 12.8. The van der Waals surface area contributed by atoms with Crippen molar-refractivity contribution in [1.82, 2.24) is 0 Å². The highest BCUT2D eigenvalue weighted by Gasteiger charge is 2.19. The van der Waals surface area contributed by atoms with Crippen LogP contribution >= 0.6 is 0 Å². The minimum atomic E-state index is -0.792.